The predicted octanol–water partition coefficient (Wildman–Crippen LogP) is 3.32. The summed E-state index contributed by atoms with van der Waals surface area (Å²) in [7, 11) is 0. The molecule has 4 nitrogen and oxygen atoms in total. The zero-order valence-electron chi connectivity index (χ0n) is 13.7. The number of hydrogen-bond donors (Lipinski definition) is 0. The van der Waals surface area contributed by atoms with E-state index >= 15 is 0 Å². The van der Waals surface area contributed by atoms with Crippen molar-refractivity contribution in [3.05, 3.63) is 30.6 Å². The highest BCUT2D eigenvalue weighted by molar-refractivity contribution is 5.81. The third kappa shape index (κ3) is 3.01. The van der Waals surface area contributed by atoms with Crippen molar-refractivity contribution in [3.63, 3.8) is 0 Å². The summed E-state index contributed by atoms with van der Waals surface area (Å²) in [5.41, 5.74) is 1.99. The molecule has 118 valence electrons. The minimum Gasteiger partial charge on any atom is -0.342 e. The molecule has 0 spiro atoms. The Morgan fingerprint density at radius 3 is 2.59 bits per heavy atom. The first-order valence-corrected chi connectivity index (χ1v) is 8.14. The van der Waals surface area contributed by atoms with Crippen molar-refractivity contribution in [3.8, 4) is 0 Å². The van der Waals surface area contributed by atoms with E-state index in [4.69, 9.17) is 0 Å². The summed E-state index contributed by atoms with van der Waals surface area (Å²) in [6, 6.07) is 8.26. The molecule has 2 aromatic rings. The maximum absolute atomic E-state index is 12.3. The minimum absolute atomic E-state index is 0.270. The van der Waals surface area contributed by atoms with Crippen LogP contribution in [0.25, 0.3) is 11.0 Å². The topological polar surface area (TPSA) is 38.1 Å². The van der Waals surface area contributed by atoms with Crippen LogP contribution in [-0.4, -0.2) is 33.4 Å². The van der Waals surface area contributed by atoms with E-state index in [1.807, 2.05) is 38.1 Å². The van der Waals surface area contributed by atoms with Gasteiger partial charge >= 0.3 is 0 Å². The number of nitrogens with zero attached hydrogens (tertiary/aromatic N) is 3. The summed E-state index contributed by atoms with van der Waals surface area (Å²) < 4.78 is 2.25. The van der Waals surface area contributed by atoms with Crippen LogP contribution in [0.1, 0.15) is 33.6 Å². The number of fused-ring (bicyclic) bond motifs is 1. The molecule has 0 N–H and O–H groups in total. The van der Waals surface area contributed by atoms with Crippen LogP contribution in [0, 0.1) is 11.3 Å². The molecule has 3 rings (SSSR count). The first kappa shape index (κ1) is 15.1. The lowest BCUT2D eigenvalue weighted by Gasteiger charge is -2.35. The van der Waals surface area contributed by atoms with Gasteiger partial charge in [-0.1, -0.05) is 32.9 Å². The van der Waals surface area contributed by atoms with E-state index in [-0.39, 0.29) is 11.3 Å². The van der Waals surface area contributed by atoms with Crippen LogP contribution in [0.2, 0.25) is 0 Å². The van der Waals surface area contributed by atoms with Crippen LogP contribution in [0.3, 0.4) is 0 Å². The Bertz CT molecular complexity index is 660. The van der Waals surface area contributed by atoms with Crippen molar-refractivity contribution < 1.29 is 4.79 Å². The van der Waals surface area contributed by atoms with Crippen LogP contribution in [-0.2, 0) is 11.3 Å². The monoisotopic (exact) mass is 299 g/mol. The molecule has 1 amide bonds. The molecule has 0 aliphatic carbocycles. The standard InChI is InChI=1S/C18H25N3O/c1-18(2,3)17(22)20-10-8-14(9-11-20)12-21-13-19-15-6-4-5-7-16(15)21/h4-7,13-14H,8-12H2,1-3H3. The lowest BCUT2D eigenvalue weighted by atomic mass is 9.91. The van der Waals surface area contributed by atoms with E-state index < -0.39 is 0 Å². The van der Waals surface area contributed by atoms with E-state index in [1.54, 1.807) is 0 Å². The van der Waals surface area contributed by atoms with Gasteiger partial charge in [-0.3, -0.25) is 4.79 Å². The quantitative estimate of drug-likeness (QED) is 0.853. The molecule has 1 aromatic carbocycles. The second-order valence-electron chi connectivity index (χ2n) is 7.37. The lowest BCUT2D eigenvalue weighted by Crippen LogP contribution is -2.44. The summed E-state index contributed by atoms with van der Waals surface area (Å²) >= 11 is 0. The molecule has 0 radical (unpaired) electrons. The third-order valence-corrected chi connectivity index (χ3v) is 4.53. The fraction of sp³-hybridized carbons (Fsp3) is 0.556. The van der Waals surface area contributed by atoms with Crippen molar-refractivity contribution in [1.82, 2.24) is 14.5 Å². The Morgan fingerprint density at radius 1 is 1.23 bits per heavy atom. The second kappa shape index (κ2) is 5.75. The molecule has 22 heavy (non-hydrogen) atoms. The molecule has 1 aromatic heterocycles. The van der Waals surface area contributed by atoms with Gasteiger partial charge in [0.15, 0.2) is 0 Å². The number of hydrogen-bond acceptors (Lipinski definition) is 2. The number of likely N-dealkylation sites (tertiary alicyclic amines) is 1. The first-order valence-electron chi connectivity index (χ1n) is 8.14. The van der Waals surface area contributed by atoms with Gasteiger partial charge in [-0.25, -0.2) is 4.98 Å². The Morgan fingerprint density at radius 2 is 1.91 bits per heavy atom. The highest BCUT2D eigenvalue weighted by Crippen LogP contribution is 2.25. The summed E-state index contributed by atoms with van der Waals surface area (Å²) in [5.74, 6) is 0.903. The number of imidazole rings is 1. The van der Waals surface area contributed by atoms with Crippen molar-refractivity contribution >= 4 is 16.9 Å². The largest absolute Gasteiger partial charge is 0.342 e. The summed E-state index contributed by atoms with van der Waals surface area (Å²) in [4.78, 5) is 18.8. The number of piperidine rings is 1. The Balaban J connectivity index is 1.62. The number of para-hydroxylation sites is 2. The van der Waals surface area contributed by atoms with Gasteiger partial charge in [-0.2, -0.15) is 0 Å². The zero-order valence-corrected chi connectivity index (χ0v) is 13.7. The Kier molecular flexibility index (Phi) is 3.94. The van der Waals surface area contributed by atoms with E-state index in [1.165, 1.54) is 5.52 Å². The molecule has 1 saturated heterocycles. The molecule has 1 aliphatic rings. The van der Waals surface area contributed by atoms with Gasteiger partial charge in [0.05, 0.1) is 17.4 Å². The molecular formula is C18H25N3O. The van der Waals surface area contributed by atoms with Crippen molar-refractivity contribution in [2.75, 3.05) is 13.1 Å². The summed E-state index contributed by atoms with van der Waals surface area (Å²) in [6.07, 6.45) is 4.10. The van der Waals surface area contributed by atoms with Gasteiger partial charge in [0, 0.05) is 25.0 Å². The summed E-state index contributed by atoms with van der Waals surface area (Å²) in [5, 5.41) is 0. The minimum atomic E-state index is -0.270. The first-order chi connectivity index (χ1) is 10.4. The van der Waals surface area contributed by atoms with Gasteiger partial charge < -0.3 is 9.47 Å². The van der Waals surface area contributed by atoms with Gasteiger partial charge in [-0.05, 0) is 30.9 Å². The maximum Gasteiger partial charge on any atom is 0.227 e. The number of benzene rings is 1. The van der Waals surface area contributed by atoms with Crippen LogP contribution >= 0.6 is 0 Å². The SMILES string of the molecule is CC(C)(C)C(=O)N1CCC(Cn2cnc3ccccc32)CC1. The molecule has 0 bridgehead atoms. The lowest BCUT2D eigenvalue weighted by molar-refractivity contribution is -0.140. The number of rotatable bonds is 2. The van der Waals surface area contributed by atoms with Crippen molar-refractivity contribution in [2.24, 2.45) is 11.3 Å². The number of aromatic nitrogens is 2. The molecule has 1 fully saturated rings. The van der Waals surface area contributed by atoms with E-state index in [2.05, 4.69) is 27.8 Å². The van der Waals surface area contributed by atoms with E-state index in [0.717, 1.165) is 38.0 Å². The van der Waals surface area contributed by atoms with Gasteiger partial charge in [0.25, 0.3) is 0 Å². The molecule has 0 saturated carbocycles. The van der Waals surface area contributed by atoms with Crippen LogP contribution in [0.15, 0.2) is 30.6 Å². The van der Waals surface area contributed by atoms with Gasteiger partial charge in [-0.15, -0.1) is 0 Å². The summed E-state index contributed by atoms with van der Waals surface area (Å²) in [6.45, 7) is 8.76. The Hall–Kier alpha value is -1.84. The highest BCUT2D eigenvalue weighted by Gasteiger charge is 2.30. The predicted molar refractivity (Wildman–Crippen MR) is 88.5 cm³/mol. The second-order valence-corrected chi connectivity index (χ2v) is 7.37. The molecular weight excluding hydrogens is 274 g/mol. The molecule has 0 atom stereocenters. The average Bonchev–Trinajstić information content (AvgIpc) is 2.90. The van der Waals surface area contributed by atoms with E-state index in [9.17, 15) is 4.79 Å². The molecule has 2 heterocycles. The van der Waals surface area contributed by atoms with Crippen molar-refractivity contribution in [2.45, 2.75) is 40.2 Å². The molecule has 0 unspecified atom stereocenters. The Labute approximate surface area is 132 Å². The number of carbonyl (C=O) groups is 1. The fourth-order valence-electron chi connectivity index (χ4n) is 3.23. The normalized spacial score (nSPS) is 17.1. The zero-order chi connectivity index (χ0) is 15.7. The van der Waals surface area contributed by atoms with E-state index in [0.29, 0.717) is 5.92 Å². The van der Waals surface area contributed by atoms with Gasteiger partial charge in [0.1, 0.15) is 0 Å². The highest BCUT2D eigenvalue weighted by atomic mass is 16.2. The van der Waals surface area contributed by atoms with Crippen molar-refractivity contribution in [1.29, 1.82) is 0 Å². The number of amides is 1. The molecule has 1 aliphatic heterocycles. The molecule has 4 heteroatoms. The van der Waals surface area contributed by atoms with Crippen LogP contribution in [0.4, 0.5) is 0 Å². The average molecular weight is 299 g/mol. The van der Waals surface area contributed by atoms with Gasteiger partial charge in [0.2, 0.25) is 5.91 Å². The van der Waals surface area contributed by atoms with Crippen LogP contribution < -0.4 is 0 Å². The third-order valence-electron chi connectivity index (χ3n) is 4.53. The van der Waals surface area contributed by atoms with Crippen LogP contribution in [0.5, 0.6) is 0 Å². The maximum atomic E-state index is 12.3. The number of carbonyl (C=O) groups excluding carboxylic acids is 1. The smallest absolute Gasteiger partial charge is 0.227 e. The fourth-order valence-corrected chi connectivity index (χ4v) is 3.23.